The lowest BCUT2D eigenvalue weighted by molar-refractivity contribution is -0.117. The van der Waals surface area contributed by atoms with Crippen molar-refractivity contribution in [1.29, 1.82) is 0 Å². The maximum absolute atomic E-state index is 11.8. The average molecular weight is 310 g/mol. The van der Waals surface area contributed by atoms with E-state index in [2.05, 4.69) is 5.32 Å². The molecular weight excluding hydrogens is 297 g/mol. The van der Waals surface area contributed by atoms with Crippen LogP contribution in [0.3, 0.4) is 0 Å². The lowest BCUT2D eigenvalue weighted by Crippen LogP contribution is -2.24. The first-order chi connectivity index (χ1) is 9.56. The van der Waals surface area contributed by atoms with Crippen LogP contribution >= 0.6 is 23.2 Å². The molecule has 1 heterocycles. The van der Waals surface area contributed by atoms with Gasteiger partial charge in [0.2, 0.25) is 5.91 Å². The van der Waals surface area contributed by atoms with E-state index >= 15 is 0 Å². The summed E-state index contributed by atoms with van der Waals surface area (Å²) < 4.78 is 5.22. The SMILES string of the molecule is C[C@@H](NC(=O)/C=C/c1ccc(Cl)c(Cl)c1)c1ccco1. The molecule has 104 valence electrons. The Morgan fingerprint density at radius 2 is 2.10 bits per heavy atom. The van der Waals surface area contributed by atoms with Crippen LogP contribution in [0.15, 0.2) is 47.1 Å². The average Bonchev–Trinajstić information content (AvgIpc) is 2.94. The highest BCUT2D eigenvalue weighted by Crippen LogP contribution is 2.23. The van der Waals surface area contributed by atoms with Crippen molar-refractivity contribution in [1.82, 2.24) is 5.32 Å². The van der Waals surface area contributed by atoms with Crippen molar-refractivity contribution < 1.29 is 9.21 Å². The van der Waals surface area contributed by atoms with Crippen LogP contribution in [0.4, 0.5) is 0 Å². The Morgan fingerprint density at radius 1 is 1.30 bits per heavy atom. The van der Waals surface area contributed by atoms with Gasteiger partial charge in [-0.2, -0.15) is 0 Å². The zero-order valence-corrected chi connectivity index (χ0v) is 12.3. The van der Waals surface area contributed by atoms with Gasteiger partial charge in [-0.25, -0.2) is 0 Å². The molecule has 2 aromatic rings. The summed E-state index contributed by atoms with van der Waals surface area (Å²) in [6, 6.07) is 8.58. The summed E-state index contributed by atoms with van der Waals surface area (Å²) in [6.07, 6.45) is 4.69. The third-order valence-electron chi connectivity index (χ3n) is 2.70. The molecule has 0 saturated carbocycles. The third-order valence-corrected chi connectivity index (χ3v) is 3.44. The van der Waals surface area contributed by atoms with E-state index in [9.17, 15) is 4.79 Å². The maximum atomic E-state index is 11.8. The zero-order valence-electron chi connectivity index (χ0n) is 10.8. The molecule has 5 heteroatoms. The van der Waals surface area contributed by atoms with E-state index in [0.717, 1.165) is 5.56 Å². The number of carbonyl (C=O) groups is 1. The molecule has 1 amide bonds. The maximum Gasteiger partial charge on any atom is 0.244 e. The highest BCUT2D eigenvalue weighted by Gasteiger charge is 2.09. The molecule has 0 saturated heterocycles. The summed E-state index contributed by atoms with van der Waals surface area (Å²) in [6.45, 7) is 1.85. The van der Waals surface area contributed by atoms with Gasteiger partial charge in [0.05, 0.1) is 22.4 Å². The van der Waals surface area contributed by atoms with Crippen molar-refractivity contribution in [2.45, 2.75) is 13.0 Å². The second-order valence-electron chi connectivity index (χ2n) is 4.25. The summed E-state index contributed by atoms with van der Waals surface area (Å²) in [4.78, 5) is 11.8. The zero-order chi connectivity index (χ0) is 14.5. The largest absolute Gasteiger partial charge is 0.467 e. The van der Waals surface area contributed by atoms with Crippen LogP contribution in [-0.4, -0.2) is 5.91 Å². The monoisotopic (exact) mass is 309 g/mol. The van der Waals surface area contributed by atoms with Crippen molar-refractivity contribution in [2.24, 2.45) is 0 Å². The predicted molar refractivity (Wildman–Crippen MR) is 80.8 cm³/mol. The normalized spacial score (nSPS) is 12.6. The minimum absolute atomic E-state index is 0.184. The molecule has 0 bridgehead atoms. The fraction of sp³-hybridized carbons (Fsp3) is 0.133. The first-order valence-electron chi connectivity index (χ1n) is 6.03. The number of carbonyl (C=O) groups excluding carboxylic acids is 1. The quantitative estimate of drug-likeness (QED) is 0.846. The minimum atomic E-state index is -0.208. The summed E-state index contributed by atoms with van der Waals surface area (Å²) in [5, 5.41) is 3.74. The molecule has 0 aliphatic heterocycles. The van der Waals surface area contributed by atoms with Crippen LogP contribution in [0.25, 0.3) is 6.08 Å². The van der Waals surface area contributed by atoms with E-state index < -0.39 is 0 Å². The number of hydrogen-bond donors (Lipinski definition) is 1. The van der Waals surface area contributed by atoms with Crippen molar-refractivity contribution in [3.8, 4) is 0 Å². The smallest absolute Gasteiger partial charge is 0.244 e. The molecule has 0 fully saturated rings. The molecule has 0 radical (unpaired) electrons. The first kappa shape index (κ1) is 14.7. The highest BCUT2D eigenvalue weighted by molar-refractivity contribution is 6.42. The van der Waals surface area contributed by atoms with Gasteiger partial charge in [0.1, 0.15) is 5.76 Å². The Balaban J connectivity index is 1.97. The summed E-state index contributed by atoms with van der Waals surface area (Å²) in [5.74, 6) is 0.501. The molecule has 1 N–H and O–H groups in total. The van der Waals surface area contributed by atoms with Crippen molar-refractivity contribution in [3.63, 3.8) is 0 Å². The van der Waals surface area contributed by atoms with Crippen molar-refractivity contribution in [2.75, 3.05) is 0 Å². The molecule has 0 spiro atoms. The number of rotatable bonds is 4. The van der Waals surface area contributed by atoms with Crippen molar-refractivity contribution in [3.05, 3.63) is 64.0 Å². The Morgan fingerprint density at radius 3 is 2.75 bits per heavy atom. The fourth-order valence-electron chi connectivity index (χ4n) is 1.66. The Kier molecular flexibility index (Phi) is 4.88. The van der Waals surface area contributed by atoms with E-state index in [1.54, 1.807) is 36.6 Å². The summed E-state index contributed by atoms with van der Waals surface area (Å²) in [7, 11) is 0. The first-order valence-corrected chi connectivity index (χ1v) is 6.79. The molecule has 1 aromatic carbocycles. The van der Waals surface area contributed by atoms with Crippen molar-refractivity contribution >= 4 is 35.2 Å². The van der Waals surface area contributed by atoms with Gasteiger partial charge in [0, 0.05) is 6.08 Å². The summed E-state index contributed by atoms with van der Waals surface area (Å²) in [5.41, 5.74) is 0.806. The number of benzene rings is 1. The third kappa shape index (κ3) is 3.89. The second kappa shape index (κ2) is 6.64. The molecule has 2 rings (SSSR count). The minimum Gasteiger partial charge on any atom is -0.467 e. The molecule has 3 nitrogen and oxygen atoms in total. The fourth-order valence-corrected chi connectivity index (χ4v) is 1.96. The molecular formula is C15H13Cl2NO2. The van der Waals surface area contributed by atoms with Gasteiger partial charge >= 0.3 is 0 Å². The number of hydrogen-bond acceptors (Lipinski definition) is 2. The van der Waals surface area contributed by atoms with Gasteiger partial charge in [0.25, 0.3) is 0 Å². The number of nitrogens with one attached hydrogen (secondary N) is 1. The topological polar surface area (TPSA) is 42.2 Å². The molecule has 0 aliphatic carbocycles. The van der Waals surface area contributed by atoms with Gasteiger partial charge in [-0.05, 0) is 42.8 Å². The van der Waals surface area contributed by atoms with E-state index in [0.29, 0.717) is 15.8 Å². The number of halogens is 2. The Hall–Kier alpha value is -1.71. The van der Waals surface area contributed by atoms with Gasteiger partial charge in [0.15, 0.2) is 0 Å². The predicted octanol–water partition coefficient (Wildman–Crippen LogP) is 4.48. The van der Waals surface area contributed by atoms with E-state index in [1.165, 1.54) is 6.08 Å². The number of amides is 1. The molecule has 20 heavy (non-hydrogen) atoms. The van der Waals surface area contributed by atoms with Crippen LogP contribution in [0.1, 0.15) is 24.3 Å². The van der Waals surface area contributed by atoms with Crippen LogP contribution in [0.2, 0.25) is 10.0 Å². The van der Waals surface area contributed by atoms with E-state index in [1.807, 2.05) is 13.0 Å². The van der Waals surface area contributed by atoms with Gasteiger partial charge in [-0.3, -0.25) is 4.79 Å². The lowest BCUT2D eigenvalue weighted by Gasteiger charge is -2.08. The highest BCUT2D eigenvalue weighted by atomic mass is 35.5. The Labute approximate surface area is 127 Å². The van der Waals surface area contributed by atoms with Crippen LogP contribution in [-0.2, 0) is 4.79 Å². The molecule has 1 aromatic heterocycles. The lowest BCUT2D eigenvalue weighted by atomic mass is 10.2. The van der Waals surface area contributed by atoms with Gasteiger partial charge in [-0.15, -0.1) is 0 Å². The van der Waals surface area contributed by atoms with Crippen LogP contribution in [0, 0.1) is 0 Å². The van der Waals surface area contributed by atoms with E-state index in [4.69, 9.17) is 27.6 Å². The van der Waals surface area contributed by atoms with E-state index in [-0.39, 0.29) is 11.9 Å². The van der Waals surface area contributed by atoms with Crippen LogP contribution in [0.5, 0.6) is 0 Å². The molecule has 0 aliphatic rings. The van der Waals surface area contributed by atoms with Gasteiger partial charge < -0.3 is 9.73 Å². The van der Waals surface area contributed by atoms with Gasteiger partial charge in [-0.1, -0.05) is 29.3 Å². The second-order valence-corrected chi connectivity index (χ2v) is 5.07. The molecule has 0 unspecified atom stereocenters. The standard InChI is InChI=1S/C15H13Cl2NO2/c1-10(14-3-2-8-20-14)18-15(19)7-5-11-4-6-12(16)13(17)9-11/h2-10H,1H3,(H,18,19)/b7-5+/t10-/m1/s1. The van der Waals surface area contributed by atoms with Crippen LogP contribution < -0.4 is 5.32 Å². The number of furan rings is 1. The Bertz CT molecular complexity index is 621. The summed E-state index contributed by atoms with van der Waals surface area (Å²) >= 11 is 11.7. The molecule has 1 atom stereocenters.